The highest BCUT2D eigenvalue weighted by atomic mass is 16.6. The number of hydrogen-bond donors (Lipinski definition) is 1. The third-order valence-corrected chi connectivity index (χ3v) is 6.09. The molecule has 2 aromatic carbocycles. The van der Waals surface area contributed by atoms with E-state index in [1.165, 1.54) is 4.90 Å². The fraction of sp³-hybridized carbons (Fsp3) is 0.429. The van der Waals surface area contributed by atoms with E-state index in [4.69, 9.17) is 19.5 Å². The Morgan fingerprint density at radius 3 is 2.70 bits per heavy atom. The maximum Gasteiger partial charge on any atom is 0.410 e. The van der Waals surface area contributed by atoms with Gasteiger partial charge in [0.05, 0.1) is 24.2 Å². The van der Waals surface area contributed by atoms with Gasteiger partial charge in [0.15, 0.2) is 6.10 Å². The van der Waals surface area contributed by atoms with E-state index >= 15 is 0 Å². The fourth-order valence-corrected chi connectivity index (χ4v) is 4.34. The number of fused-ring (bicyclic) bond motifs is 3. The van der Waals surface area contributed by atoms with E-state index in [0.29, 0.717) is 37.5 Å². The second-order valence-corrected chi connectivity index (χ2v) is 10.1. The topological polar surface area (TPSA) is 125 Å². The summed E-state index contributed by atoms with van der Waals surface area (Å²) in [4.78, 5) is 27.0. The van der Waals surface area contributed by atoms with Crippen molar-refractivity contribution >= 4 is 12.0 Å². The zero-order valence-corrected chi connectivity index (χ0v) is 21.2. The van der Waals surface area contributed by atoms with Crippen molar-refractivity contribution in [2.45, 2.75) is 58.0 Å². The lowest BCUT2D eigenvalue weighted by molar-refractivity contribution is -0.133. The first-order valence-electron chi connectivity index (χ1n) is 12.3. The Balaban J connectivity index is 1.41. The van der Waals surface area contributed by atoms with Gasteiger partial charge in [-0.05, 0) is 62.1 Å². The van der Waals surface area contributed by atoms with Crippen LogP contribution in [-0.2, 0) is 27.3 Å². The van der Waals surface area contributed by atoms with Gasteiger partial charge in [0.2, 0.25) is 0 Å². The predicted molar refractivity (Wildman–Crippen MR) is 134 cm³/mol. The molecule has 0 radical (unpaired) electrons. The van der Waals surface area contributed by atoms with Crippen LogP contribution in [0.2, 0.25) is 0 Å². The van der Waals surface area contributed by atoms with Crippen LogP contribution in [0.15, 0.2) is 36.4 Å². The molecule has 0 spiro atoms. The van der Waals surface area contributed by atoms with Gasteiger partial charge in [-0.2, -0.15) is 10.5 Å². The third-order valence-electron chi connectivity index (χ3n) is 6.09. The Morgan fingerprint density at radius 2 is 1.97 bits per heavy atom. The van der Waals surface area contributed by atoms with Gasteiger partial charge < -0.3 is 24.4 Å². The second-order valence-electron chi connectivity index (χ2n) is 10.1. The standard InChI is InChI=1S/C28H30N4O5/c1-28(2,3)37-27(34)32-9-4-10-35-25(16-32)26(33)31-21(15-30)12-18-5-8-23-22-7-6-19(14-29)11-20(22)17-36-24(23)13-18/h5-8,11,13,21,25H,4,9-10,12,16-17H2,1-3H3,(H,31,33)/t21?,25-/m0/s1. The van der Waals surface area contributed by atoms with Crippen LogP contribution in [0.3, 0.4) is 0 Å². The molecule has 1 saturated heterocycles. The first-order valence-corrected chi connectivity index (χ1v) is 12.3. The van der Waals surface area contributed by atoms with Crippen molar-refractivity contribution in [1.82, 2.24) is 10.2 Å². The average Bonchev–Trinajstić information content (AvgIpc) is 3.13. The second kappa shape index (κ2) is 10.9. The van der Waals surface area contributed by atoms with Gasteiger partial charge in [0.25, 0.3) is 5.91 Å². The molecule has 2 heterocycles. The number of ether oxygens (including phenoxy) is 3. The molecule has 37 heavy (non-hydrogen) atoms. The number of benzene rings is 2. The number of rotatable bonds is 4. The van der Waals surface area contributed by atoms with Crippen LogP contribution in [0.4, 0.5) is 4.79 Å². The summed E-state index contributed by atoms with van der Waals surface area (Å²) in [6.45, 7) is 6.53. The van der Waals surface area contributed by atoms with Gasteiger partial charge in [-0.25, -0.2) is 4.79 Å². The van der Waals surface area contributed by atoms with Gasteiger partial charge in [-0.15, -0.1) is 0 Å². The summed E-state index contributed by atoms with van der Waals surface area (Å²) in [5.74, 6) is 0.247. The molecule has 0 aromatic heterocycles. The molecule has 0 bridgehead atoms. The molecule has 2 atom stereocenters. The number of carbonyl (C=O) groups excluding carboxylic acids is 2. The van der Waals surface area contributed by atoms with Crippen LogP contribution in [-0.4, -0.2) is 54.3 Å². The molecule has 192 valence electrons. The lowest BCUT2D eigenvalue weighted by Crippen LogP contribution is -2.48. The Morgan fingerprint density at radius 1 is 1.19 bits per heavy atom. The Labute approximate surface area is 216 Å². The molecule has 2 aliphatic heterocycles. The van der Waals surface area contributed by atoms with E-state index in [-0.39, 0.29) is 13.0 Å². The summed E-state index contributed by atoms with van der Waals surface area (Å²) in [6.07, 6.45) is -0.526. The minimum Gasteiger partial charge on any atom is -0.488 e. The highest BCUT2D eigenvalue weighted by Crippen LogP contribution is 2.38. The molecule has 2 amide bonds. The molecular weight excluding hydrogens is 472 g/mol. The quantitative estimate of drug-likeness (QED) is 0.676. The van der Waals surface area contributed by atoms with Crippen molar-refractivity contribution in [2.24, 2.45) is 0 Å². The van der Waals surface area contributed by atoms with Gasteiger partial charge >= 0.3 is 6.09 Å². The van der Waals surface area contributed by atoms with E-state index in [2.05, 4.69) is 17.5 Å². The summed E-state index contributed by atoms with van der Waals surface area (Å²) in [7, 11) is 0. The number of hydrogen-bond acceptors (Lipinski definition) is 7. The monoisotopic (exact) mass is 502 g/mol. The molecular formula is C28H30N4O5. The predicted octanol–water partition coefficient (Wildman–Crippen LogP) is 3.69. The highest BCUT2D eigenvalue weighted by molar-refractivity contribution is 5.82. The van der Waals surface area contributed by atoms with Crippen LogP contribution >= 0.6 is 0 Å². The fourth-order valence-electron chi connectivity index (χ4n) is 4.34. The maximum atomic E-state index is 13.0. The van der Waals surface area contributed by atoms with Crippen LogP contribution < -0.4 is 10.1 Å². The van der Waals surface area contributed by atoms with E-state index < -0.39 is 29.7 Å². The lowest BCUT2D eigenvalue weighted by atomic mass is 9.93. The van der Waals surface area contributed by atoms with Crippen molar-refractivity contribution in [2.75, 3.05) is 19.7 Å². The number of nitrogens with one attached hydrogen (secondary N) is 1. The Bertz CT molecular complexity index is 1270. The van der Waals surface area contributed by atoms with E-state index in [9.17, 15) is 14.9 Å². The summed E-state index contributed by atoms with van der Waals surface area (Å²) < 4.78 is 17.0. The van der Waals surface area contributed by atoms with Crippen molar-refractivity contribution in [3.63, 3.8) is 0 Å². The molecule has 1 N–H and O–H groups in total. The van der Waals surface area contributed by atoms with Crippen molar-refractivity contribution < 1.29 is 23.8 Å². The molecule has 1 fully saturated rings. The SMILES string of the molecule is CC(C)(C)OC(=O)N1CCCO[C@H](C(=O)NC(C#N)Cc2ccc3c(c2)OCc2cc(C#N)ccc2-3)C1. The summed E-state index contributed by atoms with van der Waals surface area (Å²) in [6, 6.07) is 14.7. The molecule has 0 aliphatic carbocycles. The smallest absolute Gasteiger partial charge is 0.410 e. The molecule has 0 saturated carbocycles. The molecule has 2 aliphatic rings. The van der Waals surface area contributed by atoms with Crippen LogP contribution in [0.5, 0.6) is 5.75 Å². The van der Waals surface area contributed by atoms with Gasteiger partial charge in [-0.3, -0.25) is 4.79 Å². The molecule has 4 rings (SSSR count). The number of amides is 2. The van der Waals surface area contributed by atoms with E-state index in [1.807, 2.05) is 30.3 Å². The average molecular weight is 503 g/mol. The minimum atomic E-state index is -0.896. The minimum absolute atomic E-state index is 0.0541. The molecule has 1 unspecified atom stereocenters. The summed E-state index contributed by atoms with van der Waals surface area (Å²) >= 11 is 0. The molecule has 9 heteroatoms. The Kier molecular flexibility index (Phi) is 7.66. The molecule has 2 aromatic rings. The van der Waals surface area contributed by atoms with Crippen molar-refractivity contribution in [3.05, 3.63) is 53.1 Å². The van der Waals surface area contributed by atoms with Gasteiger partial charge in [-0.1, -0.05) is 18.2 Å². The largest absolute Gasteiger partial charge is 0.488 e. The maximum absolute atomic E-state index is 13.0. The van der Waals surface area contributed by atoms with Crippen LogP contribution in [0.1, 0.15) is 43.9 Å². The number of nitrogens with zero attached hydrogens (tertiary/aromatic N) is 3. The zero-order valence-electron chi connectivity index (χ0n) is 21.2. The molecule has 9 nitrogen and oxygen atoms in total. The van der Waals surface area contributed by atoms with Gasteiger partial charge in [0, 0.05) is 25.1 Å². The number of nitriles is 2. The van der Waals surface area contributed by atoms with E-state index in [1.54, 1.807) is 26.8 Å². The highest BCUT2D eigenvalue weighted by Gasteiger charge is 2.31. The third kappa shape index (κ3) is 6.38. The van der Waals surface area contributed by atoms with Crippen LogP contribution in [0, 0.1) is 22.7 Å². The van der Waals surface area contributed by atoms with Gasteiger partial charge in [0.1, 0.15) is 24.0 Å². The zero-order chi connectivity index (χ0) is 26.6. The van der Waals surface area contributed by atoms with E-state index in [0.717, 1.165) is 22.3 Å². The number of carbonyl (C=O) groups is 2. The summed E-state index contributed by atoms with van der Waals surface area (Å²) in [5, 5.41) is 21.6. The van der Waals surface area contributed by atoms with Crippen molar-refractivity contribution in [1.29, 1.82) is 10.5 Å². The first kappa shape index (κ1) is 26.0. The lowest BCUT2D eigenvalue weighted by Gasteiger charge is -2.28. The normalized spacial score (nSPS) is 17.5. The van der Waals surface area contributed by atoms with Crippen LogP contribution in [0.25, 0.3) is 11.1 Å². The summed E-state index contributed by atoms with van der Waals surface area (Å²) in [5.41, 5.74) is 3.65. The first-order chi connectivity index (χ1) is 17.7. The van der Waals surface area contributed by atoms with Crippen molar-refractivity contribution in [3.8, 4) is 29.0 Å². The Hall–Kier alpha value is -4.08.